The molecule has 0 spiro atoms. The molecule has 1 N–H and O–H groups in total. The summed E-state index contributed by atoms with van der Waals surface area (Å²) in [6, 6.07) is 3.42. The Balaban J connectivity index is 2.18. The SMILES string of the molecule is CNc1ccc(S(=O)(=O)N(C)C2CCCCCC2)cn1. The van der Waals surface area contributed by atoms with E-state index in [9.17, 15) is 8.42 Å². The minimum Gasteiger partial charge on any atom is -0.373 e. The van der Waals surface area contributed by atoms with Crippen LogP contribution < -0.4 is 5.32 Å². The number of anilines is 1. The Bertz CT molecular complexity index is 520. The second kappa shape index (κ2) is 6.54. The first-order valence-electron chi connectivity index (χ1n) is 7.17. The summed E-state index contributed by atoms with van der Waals surface area (Å²) in [5, 5.41) is 2.89. The molecule has 6 heteroatoms. The van der Waals surface area contributed by atoms with Gasteiger partial charge >= 0.3 is 0 Å². The summed E-state index contributed by atoms with van der Waals surface area (Å²) in [6.07, 6.45) is 7.98. The molecule has 5 nitrogen and oxygen atoms in total. The van der Waals surface area contributed by atoms with E-state index in [1.165, 1.54) is 23.3 Å². The maximum atomic E-state index is 12.6. The van der Waals surface area contributed by atoms with E-state index < -0.39 is 10.0 Å². The fourth-order valence-electron chi connectivity index (χ4n) is 2.66. The molecule has 1 aliphatic rings. The van der Waals surface area contributed by atoms with Crippen LogP contribution in [0.4, 0.5) is 5.82 Å². The van der Waals surface area contributed by atoms with E-state index in [0.717, 1.165) is 25.7 Å². The van der Waals surface area contributed by atoms with Gasteiger partial charge in [0, 0.05) is 26.3 Å². The molecule has 1 aromatic rings. The first-order valence-corrected chi connectivity index (χ1v) is 8.61. The van der Waals surface area contributed by atoms with E-state index in [1.807, 2.05) is 0 Å². The van der Waals surface area contributed by atoms with Crippen molar-refractivity contribution in [2.75, 3.05) is 19.4 Å². The largest absolute Gasteiger partial charge is 0.373 e. The molecule has 0 aromatic carbocycles. The molecule has 0 saturated heterocycles. The van der Waals surface area contributed by atoms with Crippen molar-refractivity contribution in [3.8, 4) is 0 Å². The number of hydrogen-bond donors (Lipinski definition) is 1. The van der Waals surface area contributed by atoms with Crippen LogP contribution in [-0.4, -0.2) is 37.8 Å². The van der Waals surface area contributed by atoms with Gasteiger partial charge in [0.05, 0.1) is 0 Å². The molecule has 2 rings (SSSR count). The second-order valence-corrected chi connectivity index (χ2v) is 7.29. The number of nitrogens with zero attached hydrogens (tertiary/aromatic N) is 2. The molecular formula is C14H23N3O2S. The molecule has 1 saturated carbocycles. The van der Waals surface area contributed by atoms with Gasteiger partial charge in [-0.3, -0.25) is 0 Å². The zero-order valence-electron chi connectivity index (χ0n) is 12.2. The monoisotopic (exact) mass is 297 g/mol. The molecule has 1 aromatic heterocycles. The third-order valence-electron chi connectivity index (χ3n) is 4.01. The molecule has 1 fully saturated rings. The highest BCUT2D eigenvalue weighted by molar-refractivity contribution is 7.89. The molecule has 112 valence electrons. The van der Waals surface area contributed by atoms with E-state index in [4.69, 9.17) is 0 Å². The lowest BCUT2D eigenvalue weighted by molar-refractivity contribution is 0.335. The molecule has 20 heavy (non-hydrogen) atoms. The van der Waals surface area contributed by atoms with E-state index in [2.05, 4.69) is 10.3 Å². The number of sulfonamides is 1. The van der Waals surface area contributed by atoms with E-state index >= 15 is 0 Å². The van der Waals surface area contributed by atoms with Crippen molar-refractivity contribution < 1.29 is 8.42 Å². The van der Waals surface area contributed by atoms with Gasteiger partial charge in [-0.1, -0.05) is 25.7 Å². The molecular weight excluding hydrogens is 274 g/mol. The standard InChI is InChI=1S/C14H23N3O2S/c1-15-14-10-9-13(11-16-14)20(18,19)17(2)12-7-5-3-4-6-8-12/h9-12H,3-8H2,1-2H3,(H,15,16). The summed E-state index contributed by atoms with van der Waals surface area (Å²) in [5.74, 6) is 0.668. The molecule has 0 bridgehead atoms. The van der Waals surface area contributed by atoms with Crippen LogP contribution in [0.2, 0.25) is 0 Å². The van der Waals surface area contributed by atoms with Crippen molar-refractivity contribution in [3.63, 3.8) is 0 Å². The maximum Gasteiger partial charge on any atom is 0.244 e. The Morgan fingerprint density at radius 2 is 1.85 bits per heavy atom. The van der Waals surface area contributed by atoms with Crippen molar-refractivity contribution in [3.05, 3.63) is 18.3 Å². The van der Waals surface area contributed by atoms with Gasteiger partial charge in [-0.25, -0.2) is 13.4 Å². The fraction of sp³-hybridized carbons (Fsp3) is 0.643. The van der Waals surface area contributed by atoms with Crippen molar-refractivity contribution in [2.45, 2.75) is 49.5 Å². The topological polar surface area (TPSA) is 62.3 Å². The summed E-state index contributed by atoms with van der Waals surface area (Å²) in [6.45, 7) is 0. The molecule has 0 radical (unpaired) electrons. The van der Waals surface area contributed by atoms with Crippen LogP contribution in [0.15, 0.2) is 23.2 Å². The number of aromatic nitrogens is 1. The van der Waals surface area contributed by atoms with Crippen molar-refractivity contribution in [2.24, 2.45) is 0 Å². The molecule has 1 aliphatic carbocycles. The quantitative estimate of drug-likeness (QED) is 0.867. The smallest absolute Gasteiger partial charge is 0.244 e. The van der Waals surface area contributed by atoms with Gasteiger partial charge in [-0.05, 0) is 25.0 Å². The molecule has 0 aliphatic heterocycles. The minimum absolute atomic E-state index is 0.117. The predicted molar refractivity (Wildman–Crippen MR) is 80.2 cm³/mol. The van der Waals surface area contributed by atoms with Crippen molar-refractivity contribution in [1.82, 2.24) is 9.29 Å². The predicted octanol–water partition coefficient (Wildman–Crippen LogP) is 2.47. The summed E-state index contributed by atoms with van der Waals surface area (Å²) in [7, 11) is 0.0131. The van der Waals surface area contributed by atoms with E-state index in [0.29, 0.717) is 5.82 Å². The lowest BCUT2D eigenvalue weighted by Crippen LogP contribution is -2.36. The lowest BCUT2D eigenvalue weighted by atomic mass is 10.1. The van der Waals surface area contributed by atoms with Gasteiger partial charge in [0.1, 0.15) is 10.7 Å². The summed E-state index contributed by atoms with van der Waals surface area (Å²) in [4.78, 5) is 4.36. The average Bonchev–Trinajstić information content (AvgIpc) is 2.75. The first-order chi connectivity index (χ1) is 9.55. The van der Waals surface area contributed by atoms with Gasteiger partial charge < -0.3 is 5.32 Å². The van der Waals surface area contributed by atoms with Crippen LogP contribution in [-0.2, 0) is 10.0 Å². The average molecular weight is 297 g/mol. The van der Waals surface area contributed by atoms with Crippen LogP contribution in [0.5, 0.6) is 0 Å². The maximum absolute atomic E-state index is 12.6. The number of hydrogen-bond acceptors (Lipinski definition) is 4. The third-order valence-corrected chi connectivity index (χ3v) is 5.90. The Labute approximate surface area is 121 Å². The Kier molecular flexibility index (Phi) is 4.99. The van der Waals surface area contributed by atoms with Gasteiger partial charge in [0.15, 0.2) is 0 Å². The van der Waals surface area contributed by atoms with Crippen LogP contribution in [0.25, 0.3) is 0 Å². The fourth-order valence-corrected chi connectivity index (χ4v) is 4.03. The summed E-state index contributed by atoms with van der Waals surface area (Å²) < 4.78 is 26.8. The zero-order valence-corrected chi connectivity index (χ0v) is 13.0. The van der Waals surface area contributed by atoms with Crippen LogP contribution in [0.1, 0.15) is 38.5 Å². The Hall–Kier alpha value is -1.14. The lowest BCUT2D eigenvalue weighted by Gasteiger charge is -2.26. The highest BCUT2D eigenvalue weighted by atomic mass is 32.2. The minimum atomic E-state index is -3.44. The van der Waals surface area contributed by atoms with Crippen LogP contribution in [0, 0.1) is 0 Å². The highest BCUT2D eigenvalue weighted by Crippen LogP contribution is 2.25. The summed E-state index contributed by atoms with van der Waals surface area (Å²) in [5.41, 5.74) is 0. The molecule has 0 amide bonds. The van der Waals surface area contributed by atoms with E-state index in [-0.39, 0.29) is 10.9 Å². The Morgan fingerprint density at radius 3 is 2.35 bits per heavy atom. The zero-order chi connectivity index (χ0) is 14.6. The normalized spacial score (nSPS) is 17.9. The molecule has 0 unspecified atom stereocenters. The number of rotatable bonds is 4. The van der Waals surface area contributed by atoms with Crippen LogP contribution >= 0.6 is 0 Å². The van der Waals surface area contributed by atoms with Gasteiger partial charge in [0.2, 0.25) is 10.0 Å². The third kappa shape index (κ3) is 3.30. The summed E-state index contributed by atoms with van der Waals surface area (Å²) >= 11 is 0. The van der Waals surface area contributed by atoms with Crippen molar-refractivity contribution in [1.29, 1.82) is 0 Å². The van der Waals surface area contributed by atoms with E-state index in [1.54, 1.807) is 26.2 Å². The molecule has 1 heterocycles. The van der Waals surface area contributed by atoms with Crippen LogP contribution in [0.3, 0.4) is 0 Å². The Morgan fingerprint density at radius 1 is 1.20 bits per heavy atom. The van der Waals surface area contributed by atoms with Gasteiger partial charge in [-0.2, -0.15) is 4.31 Å². The second-order valence-electron chi connectivity index (χ2n) is 5.30. The van der Waals surface area contributed by atoms with Crippen molar-refractivity contribution >= 4 is 15.8 Å². The van der Waals surface area contributed by atoms with Gasteiger partial charge in [-0.15, -0.1) is 0 Å². The molecule has 0 atom stereocenters. The highest BCUT2D eigenvalue weighted by Gasteiger charge is 2.28. The number of nitrogens with one attached hydrogen (secondary N) is 1. The number of pyridine rings is 1. The van der Waals surface area contributed by atoms with Gasteiger partial charge in [0.25, 0.3) is 0 Å². The first kappa shape index (κ1) is 15.3.